The fourth-order valence-electron chi connectivity index (χ4n) is 3.65. The van der Waals surface area contributed by atoms with E-state index < -0.39 is 10.3 Å². The maximum Gasteiger partial charge on any atom is 0.365 e. The lowest BCUT2D eigenvalue weighted by atomic mass is 10.2. The molecule has 34 heavy (non-hydrogen) atoms. The molecule has 1 amide bonds. The molecule has 5 rings (SSSR count). The number of ether oxygens (including phenoxy) is 1. The number of esters is 1. The minimum atomic E-state index is -1.06. The summed E-state index contributed by atoms with van der Waals surface area (Å²) in [6.45, 7) is 4.02. The number of hydrogen-bond acceptors (Lipinski definition) is 8. The highest BCUT2D eigenvalue weighted by Crippen LogP contribution is 2.59. The zero-order valence-corrected chi connectivity index (χ0v) is 21.0. The van der Waals surface area contributed by atoms with E-state index in [0.29, 0.717) is 4.91 Å². The van der Waals surface area contributed by atoms with Crippen molar-refractivity contribution >= 4 is 69.2 Å². The molecule has 6 nitrogen and oxygen atoms in total. The smallest absolute Gasteiger partial charge is 0.365 e. The summed E-state index contributed by atoms with van der Waals surface area (Å²) in [5.41, 5.74) is 2.60. The highest BCUT2D eigenvalue weighted by molar-refractivity contribution is 8.29. The van der Waals surface area contributed by atoms with Crippen LogP contribution in [0.25, 0.3) is 6.08 Å². The summed E-state index contributed by atoms with van der Waals surface area (Å²) in [5.74, 6) is -0.646. The van der Waals surface area contributed by atoms with Crippen molar-refractivity contribution in [3.05, 3.63) is 87.5 Å². The molecular formula is C25H21N3O3S3. The molecule has 0 radical (unpaired) electrons. The molecule has 1 atom stereocenters. The molecule has 2 aliphatic rings. The molecule has 0 saturated carbocycles. The van der Waals surface area contributed by atoms with Gasteiger partial charge in [-0.3, -0.25) is 9.69 Å². The molecule has 1 saturated heterocycles. The van der Waals surface area contributed by atoms with Gasteiger partial charge in [-0.1, -0.05) is 53.7 Å². The van der Waals surface area contributed by atoms with E-state index in [2.05, 4.69) is 5.10 Å². The third-order valence-electron chi connectivity index (χ3n) is 5.19. The first-order valence-corrected chi connectivity index (χ1v) is 13.2. The van der Waals surface area contributed by atoms with E-state index in [1.807, 2.05) is 85.1 Å². The maximum atomic E-state index is 13.9. The topological polar surface area (TPSA) is 62.2 Å². The van der Waals surface area contributed by atoms with Crippen molar-refractivity contribution in [1.82, 2.24) is 0 Å². The average molecular weight is 508 g/mol. The number of thiophene rings is 1. The zero-order chi connectivity index (χ0) is 23.7. The second-order valence-electron chi connectivity index (χ2n) is 7.53. The number of thioether (sulfide) groups is 2. The van der Waals surface area contributed by atoms with E-state index in [0.717, 1.165) is 21.8 Å². The second-order valence-corrected chi connectivity index (χ2v) is 11.1. The van der Waals surface area contributed by atoms with E-state index in [9.17, 15) is 9.59 Å². The molecule has 0 N–H and O–H groups in total. The van der Waals surface area contributed by atoms with E-state index >= 15 is 0 Å². The molecule has 1 fully saturated rings. The minimum absolute atomic E-state index is 0.144. The van der Waals surface area contributed by atoms with Gasteiger partial charge in [0.25, 0.3) is 5.91 Å². The SMILES string of the molecule is CCOC(=O)C1=NN(c2ccc(C)cc2)C2(S1)S/C(=C\c1cccs1)C(=O)N2c1ccccc1. The van der Waals surface area contributed by atoms with E-state index in [1.54, 1.807) is 28.2 Å². The molecule has 2 aromatic carbocycles. The van der Waals surface area contributed by atoms with Crippen molar-refractivity contribution < 1.29 is 14.3 Å². The summed E-state index contributed by atoms with van der Waals surface area (Å²) < 4.78 is 4.21. The zero-order valence-electron chi connectivity index (χ0n) is 18.5. The Labute approximate surface area is 210 Å². The van der Waals surface area contributed by atoms with Crippen LogP contribution >= 0.6 is 34.9 Å². The fraction of sp³-hybridized carbons (Fsp3) is 0.160. The number of rotatable bonds is 5. The van der Waals surface area contributed by atoms with E-state index in [-0.39, 0.29) is 17.6 Å². The van der Waals surface area contributed by atoms with Gasteiger partial charge in [-0.05, 0) is 67.4 Å². The molecule has 172 valence electrons. The molecule has 9 heteroatoms. The van der Waals surface area contributed by atoms with Gasteiger partial charge < -0.3 is 4.74 Å². The van der Waals surface area contributed by atoms with Gasteiger partial charge in [0.05, 0.1) is 17.2 Å². The number of carbonyl (C=O) groups excluding carboxylic acids is 2. The van der Waals surface area contributed by atoms with Crippen LogP contribution in [0.1, 0.15) is 17.4 Å². The van der Waals surface area contributed by atoms with E-state index in [1.165, 1.54) is 23.5 Å². The van der Waals surface area contributed by atoms with Crippen LogP contribution in [-0.2, 0) is 14.3 Å². The first kappa shape index (κ1) is 22.8. The standard InChI is InChI=1S/C25H21N3O3S3/c1-3-31-24(30)22-26-28(19-13-11-17(2)12-14-19)25(34-22)27(18-8-5-4-6-9-18)23(29)21(33-25)16-20-10-7-15-32-20/h4-16H,3H2,1-2H3/b21-16-. The molecule has 3 aromatic rings. The summed E-state index contributed by atoms with van der Waals surface area (Å²) in [5, 5.41) is 8.63. The number of benzene rings is 2. The summed E-state index contributed by atoms with van der Waals surface area (Å²) in [6.07, 6.45) is 1.90. The molecule has 0 aliphatic carbocycles. The van der Waals surface area contributed by atoms with Crippen LogP contribution in [0.15, 0.2) is 82.1 Å². The average Bonchev–Trinajstić information content (AvgIpc) is 3.55. The predicted molar refractivity (Wildman–Crippen MR) is 142 cm³/mol. The third-order valence-corrected chi connectivity index (χ3v) is 8.70. The molecule has 2 aliphatic heterocycles. The Morgan fingerprint density at radius 1 is 1.03 bits per heavy atom. The minimum Gasteiger partial charge on any atom is -0.461 e. The van der Waals surface area contributed by atoms with Crippen molar-refractivity contribution in [1.29, 1.82) is 0 Å². The predicted octanol–water partition coefficient (Wildman–Crippen LogP) is 5.92. The molecular weight excluding hydrogens is 486 g/mol. The van der Waals surface area contributed by atoms with Gasteiger partial charge in [0.1, 0.15) is 0 Å². The van der Waals surface area contributed by atoms with Crippen molar-refractivity contribution in [2.45, 2.75) is 18.2 Å². The molecule has 1 unspecified atom stereocenters. The van der Waals surface area contributed by atoms with Crippen LogP contribution in [-0.4, -0.2) is 27.9 Å². The van der Waals surface area contributed by atoms with Crippen LogP contribution in [0.5, 0.6) is 0 Å². The Kier molecular flexibility index (Phi) is 6.24. The van der Waals surface area contributed by atoms with Crippen molar-refractivity contribution in [3.8, 4) is 0 Å². The van der Waals surface area contributed by atoms with Gasteiger partial charge in [-0.2, -0.15) is 5.10 Å². The van der Waals surface area contributed by atoms with Gasteiger partial charge in [-0.15, -0.1) is 11.3 Å². The van der Waals surface area contributed by atoms with Crippen molar-refractivity contribution in [2.75, 3.05) is 16.5 Å². The second kappa shape index (κ2) is 9.32. The third kappa shape index (κ3) is 4.04. The van der Waals surface area contributed by atoms with Gasteiger partial charge >= 0.3 is 5.97 Å². The Morgan fingerprint density at radius 3 is 2.47 bits per heavy atom. The van der Waals surface area contributed by atoms with Crippen LogP contribution in [0.2, 0.25) is 0 Å². The van der Waals surface area contributed by atoms with Gasteiger partial charge in [-0.25, -0.2) is 9.80 Å². The Bertz CT molecular complexity index is 1270. The maximum absolute atomic E-state index is 13.9. The monoisotopic (exact) mass is 507 g/mol. The summed E-state index contributed by atoms with van der Waals surface area (Å²) in [6, 6.07) is 21.3. The first-order chi connectivity index (χ1) is 16.5. The number of hydrogen-bond donors (Lipinski definition) is 0. The number of amides is 1. The quantitative estimate of drug-likeness (QED) is 0.316. The number of carbonyl (C=O) groups is 2. The molecule has 1 aromatic heterocycles. The number of para-hydroxylation sites is 1. The first-order valence-electron chi connectivity index (χ1n) is 10.7. The molecule has 1 spiro atoms. The summed E-state index contributed by atoms with van der Waals surface area (Å²) in [7, 11) is 0. The highest BCUT2D eigenvalue weighted by atomic mass is 32.2. The largest absolute Gasteiger partial charge is 0.461 e. The van der Waals surface area contributed by atoms with Crippen LogP contribution in [0.4, 0.5) is 11.4 Å². The van der Waals surface area contributed by atoms with Gasteiger partial charge in [0.2, 0.25) is 9.37 Å². The number of aryl methyl sites for hydroxylation is 1. The van der Waals surface area contributed by atoms with Crippen LogP contribution in [0, 0.1) is 6.92 Å². The highest BCUT2D eigenvalue weighted by Gasteiger charge is 2.60. The van der Waals surface area contributed by atoms with Gasteiger partial charge in [0, 0.05) is 10.6 Å². The Morgan fingerprint density at radius 2 is 1.79 bits per heavy atom. The van der Waals surface area contributed by atoms with Gasteiger partial charge in [0.15, 0.2) is 0 Å². The summed E-state index contributed by atoms with van der Waals surface area (Å²) >= 11 is 4.18. The normalized spacial score (nSPS) is 20.9. The lowest BCUT2D eigenvalue weighted by molar-refractivity contribution is -0.134. The molecule has 3 heterocycles. The lowest BCUT2D eigenvalue weighted by Gasteiger charge is -2.38. The molecule has 0 bridgehead atoms. The summed E-state index contributed by atoms with van der Waals surface area (Å²) in [4.78, 5) is 29.9. The Balaban J connectivity index is 1.67. The number of anilines is 2. The van der Waals surface area contributed by atoms with Crippen LogP contribution in [0.3, 0.4) is 0 Å². The number of nitrogens with zero attached hydrogens (tertiary/aromatic N) is 3. The van der Waals surface area contributed by atoms with Crippen molar-refractivity contribution in [2.24, 2.45) is 5.10 Å². The van der Waals surface area contributed by atoms with E-state index in [4.69, 9.17) is 4.74 Å². The lowest BCUT2D eigenvalue weighted by Crippen LogP contribution is -2.51. The Hall–Kier alpha value is -3.01. The number of hydrazone groups is 1. The fourth-order valence-corrected chi connectivity index (χ4v) is 7.25. The van der Waals surface area contributed by atoms with Crippen molar-refractivity contribution in [3.63, 3.8) is 0 Å². The van der Waals surface area contributed by atoms with Crippen LogP contribution < -0.4 is 9.91 Å².